The van der Waals surface area contributed by atoms with Gasteiger partial charge in [0, 0.05) is 12.1 Å². The number of alkyl halides is 1. The Labute approximate surface area is 137 Å². The zero-order chi connectivity index (χ0) is 15.2. The Morgan fingerprint density at radius 1 is 1.48 bits per heavy atom. The van der Waals surface area contributed by atoms with E-state index in [0.717, 1.165) is 29.7 Å². The van der Waals surface area contributed by atoms with Crippen LogP contribution in [0.5, 0.6) is 0 Å². The van der Waals surface area contributed by atoms with Gasteiger partial charge in [-0.1, -0.05) is 20.3 Å². The molecule has 0 saturated heterocycles. The highest BCUT2D eigenvalue weighted by Gasteiger charge is 2.31. The smallest absolute Gasteiger partial charge is 0.139 e. The van der Waals surface area contributed by atoms with E-state index in [-0.39, 0.29) is 5.82 Å². The molecule has 21 heavy (non-hydrogen) atoms. The molecule has 1 heterocycles. The zero-order valence-electron chi connectivity index (χ0n) is 12.3. The number of hydrogen-bond acceptors (Lipinski definition) is 1. The third kappa shape index (κ3) is 2.85. The van der Waals surface area contributed by atoms with Gasteiger partial charge < -0.3 is 4.57 Å². The quantitative estimate of drug-likeness (QED) is 0.607. The van der Waals surface area contributed by atoms with Crippen molar-refractivity contribution in [1.82, 2.24) is 9.55 Å². The molecule has 1 unspecified atom stereocenters. The molecule has 5 heteroatoms. The molecule has 0 aliphatic heterocycles. The minimum absolute atomic E-state index is 0.250. The van der Waals surface area contributed by atoms with E-state index in [9.17, 15) is 4.39 Å². The second-order valence-electron chi connectivity index (χ2n) is 6.70. The third-order valence-corrected chi connectivity index (χ3v) is 5.32. The Bertz CT molecular complexity index is 680. The fourth-order valence-corrected chi connectivity index (χ4v) is 4.04. The summed E-state index contributed by atoms with van der Waals surface area (Å²) in [4.78, 5) is 4.59. The Kier molecular flexibility index (Phi) is 4.04. The molecule has 3 rings (SSSR count). The van der Waals surface area contributed by atoms with Gasteiger partial charge in [-0.25, -0.2) is 9.37 Å². The fourth-order valence-electron chi connectivity index (χ4n) is 3.52. The van der Waals surface area contributed by atoms with Crippen LogP contribution >= 0.6 is 27.5 Å². The highest BCUT2D eigenvalue weighted by Crippen LogP contribution is 2.43. The molecule has 0 spiro atoms. The Morgan fingerprint density at radius 2 is 2.24 bits per heavy atom. The van der Waals surface area contributed by atoms with E-state index < -0.39 is 0 Å². The van der Waals surface area contributed by atoms with E-state index in [0.29, 0.717) is 21.8 Å². The fraction of sp³-hybridized carbons (Fsp3) is 0.562. The van der Waals surface area contributed by atoms with Crippen LogP contribution in [0.25, 0.3) is 11.0 Å². The average Bonchev–Trinajstić information content (AvgIpc) is 2.75. The summed E-state index contributed by atoms with van der Waals surface area (Å²) in [5.74, 6) is 0.942. The van der Waals surface area contributed by atoms with Crippen LogP contribution in [0.15, 0.2) is 16.6 Å². The van der Waals surface area contributed by atoms with Crippen LogP contribution in [0.4, 0.5) is 4.39 Å². The standard InChI is InChI=1S/C16H19BrClFN2/c1-16(2)5-3-4-10(8-16)21-14-7-12(19)11(17)6-13(14)20-15(21)9-18/h6-7,10H,3-5,8-9H2,1-2H3. The predicted octanol–water partition coefficient (Wildman–Crippen LogP) is 5.82. The molecule has 2 aromatic rings. The molecule has 1 aromatic heterocycles. The van der Waals surface area contributed by atoms with Crippen LogP contribution in [0.3, 0.4) is 0 Å². The maximum absolute atomic E-state index is 13.9. The molecule has 114 valence electrons. The lowest BCUT2D eigenvalue weighted by Gasteiger charge is -2.36. The van der Waals surface area contributed by atoms with Crippen molar-refractivity contribution in [2.45, 2.75) is 51.5 Å². The molecule has 1 aliphatic carbocycles. The van der Waals surface area contributed by atoms with E-state index in [1.54, 1.807) is 12.1 Å². The van der Waals surface area contributed by atoms with Crippen molar-refractivity contribution < 1.29 is 4.39 Å². The van der Waals surface area contributed by atoms with Gasteiger partial charge in [0.05, 0.1) is 21.4 Å². The highest BCUT2D eigenvalue weighted by molar-refractivity contribution is 9.10. The third-order valence-electron chi connectivity index (χ3n) is 4.47. The summed E-state index contributed by atoms with van der Waals surface area (Å²) < 4.78 is 16.6. The maximum Gasteiger partial charge on any atom is 0.139 e. The lowest BCUT2D eigenvalue weighted by molar-refractivity contribution is 0.184. The molecule has 0 amide bonds. The minimum atomic E-state index is -0.250. The molecule has 0 radical (unpaired) electrons. The molecule has 2 nitrogen and oxygen atoms in total. The van der Waals surface area contributed by atoms with Crippen LogP contribution in [0.1, 0.15) is 51.4 Å². The van der Waals surface area contributed by atoms with Crippen molar-refractivity contribution in [3.8, 4) is 0 Å². The molecule has 0 bridgehead atoms. The first-order valence-electron chi connectivity index (χ1n) is 7.33. The van der Waals surface area contributed by atoms with Gasteiger partial charge in [0.2, 0.25) is 0 Å². The first kappa shape index (κ1) is 15.3. The van der Waals surface area contributed by atoms with E-state index >= 15 is 0 Å². The molecule has 1 saturated carbocycles. The van der Waals surface area contributed by atoms with E-state index in [4.69, 9.17) is 11.6 Å². The monoisotopic (exact) mass is 372 g/mol. The highest BCUT2D eigenvalue weighted by atomic mass is 79.9. The molecule has 1 fully saturated rings. The van der Waals surface area contributed by atoms with Crippen LogP contribution in [-0.4, -0.2) is 9.55 Å². The number of nitrogens with zero attached hydrogens (tertiary/aromatic N) is 2. The van der Waals surface area contributed by atoms with E-state index in [1.165, 1.54) is 12.8 Å². The number of rotatable bonds is 2. The first-order valence-corrected chi connectivity index (χ1v) is 8.66. The SMILES string of the molecule is CC1(C)CCCC(n2c(CCl)nc3cc(Br)c(F)cc32)C1. The summed E-state index contributed by atoms with van der Waals surface area (Å²) in [5.41, 5.74) is 1.98. The summed E-state index contributed by atoms with van der Waals surface area (Å²) in [6.07, 6.45) is 4.63. The van der Waals surface area contributed by atoms with Gasteiger partial charge in [-0.2, -0.15) is 0 Å². The van der Waals surface area contributed by atoms with Crippen molar-refractivity contribution >= 4 is 38.6 Å². The molecule has 1 aliphatic rings. The van der Waals surface area contributed by atoms with Gasteiger partial charge >= 0.3 is 0 Å². The van der Waals surface area contributed by atoms with Crippen LogP contribution in [0.2, 0.25) is 0 Å². The second-order valence-corrected chi connectivity index (χ2v) is 7.82. The average molecular weight is 374 g/mol. The maximum atomic E-state index is 13.9. The lowest BCUT2D eigenvalue weighted by Crippen LogP contribution is -2.25. The normalized spacial score (nSPS) is 21.9. The van der Waals surface area contributed by atoms with Gasteiger partial charge in [-0.15, -0.1) is 11.6 Å². The largest absolute Gasteiger partial charge is 0.324 e. The number of hydrogen-bond donors (Lipinski definition) is 0. The summed E-state index contributed by atoms with van der Waals surface area (Å²) in [6.45, 7) is 4.60. The van der Waals surface area contributed by atoms with Crippen molar-refractivity contribution in [3.05, 3.63) is 28.2 Å². The second kappa shape index (κ2) is 5.54. The Hall–Kier alpha value is -0.610. The van der Waals surface area contributed by atoms with E-state index in [1.807, 2.05) is 0 Å². The number of aromatic nitrogens is 2. The number of benzene rings is 1. The van der Waals surface area contributed by atoms with Crippen LogP contribution in [-0.2, 0) is 5.88 Å². The Balaban J connectivity index is 2.14. The van der Waals surface area contributed by atoms with Gasteiger partial charge in [0.1, 0.15) is 11.6 Å². The summed E-state index contributed by atoms with van der Waals surface area (Å²) >= 11 is 9.31. The van der Waals surface area contributed by atoms with E-state index in [2.05, 4.69) is 39.3 Å². The lowest BCUT2D eigenvalue weighted by atomic mass is 9.75. The molecule has 1 atom stereocenters. The number of fused-ring (bicyclic) bond motifs is 1. The number of imidazole rings is 1. The minimum Gasteiger partial charge on any atom is -0.324 e. The van der Waals surface area contributed by atoms with Crippen LogP contribution < -0.4 is 0 Å². The van der Waals surface area contributed by atoms with Gasteiger partial charge in [-0.05, 0) is 46.7 Å². The van der Waals surface area contributed by atoms with Crippen molar-refractivity contribution in [3.63, 3.8) is 0 Å². The van der Waals surface area contributed by atoms with Crippen molar-refractivity contribution in [1.29, 1.82) is 0 Å². The van der Waals surface area contributed by atoms with Crippen LogP contribution in [0, 0.1) is 11.2 Å². The summed E-state index contributed by atoms with van der Waals surface area (Å²) in [5, 5.41) is 0. The summed E-state index contributed by atoms with van der Waals surface area (Å²) in [6, 6.07) is 3.67. The van der Waals surface area contributed by atoms with Crippen molar-refractivity contribution in [2.24, 2.45) is 5.41 Å². The number of halogens is 3. The zero-order valence-corrected chi connectivity index (χ0v) is 14.6. The topological polar surface area (TPSA) is 17.8 Å². The predicted molar refractivity (Wildman–Crippen MR) is 88.2 cm³/mol. The van der Waals surface area contributed by atoms with Gasteiger partial charge in [-0.3, -0.25) is 0 Å². The molecular formula is C16H19BrClFN2. The summed E-state index contributed by atoms with van der Waals surface area (Å²) in [7, 11) is 0. The molecular weight excluding hydrogens is 355 g/mol. The Morgan fingerprint density at radius 3 is 2.90 bits per heavy atom. The molecule has 0 N–H and O–H groups in total. The van der Waals surface area contributed by atoms with Gasteiger partial charge in [0.15, 0.2) is 0 Å². The van der Waals surface area contributed by atoms with Crippen molar-refractivity contribution in [2.75, 3.05) is 0 Å². The van der Waals surface area contributed by atoms with Gasteiger partial charge in [0.25, 0.3) is 0 Å². The first-order chi connectivity index (χ1) is 9.91. The molecule has 1 aromatic carbocycles.